The van der Waals surface area contributed by atoms with Gasteiger partial charge >= 0.3 is 0 Å². The van der Waals surface area contributed by atoms with Gasteiger partial charge in [0.2, 0.25) is 5.91 Å². The molecule has 0 radical (unpaired) electrons. The summed E-state index contributed by atoms with van der Waals surface area (Å²) in [5, 5.41) is 0. The number of nitrogens with two attached hydrogens (primary N) is 2. The maximum Gasteiger partial charge on any atom is 0.248 e. The minimum absolute atomic E-state index is 0.0542. The smallest absolute Gasteiger partial charge is 0.248 e. The lowest BCUT2D eigenvalue weighted by Gasteiger charge is -2.26. The number of primary amides is 1. The van der Waals surface area contributed by atoms with Gasteiger partial charge in [-0.2, -0.15) is 0 Å². The Morgan fingerprint density at radius 3 is 2.48 bits per heavy atom. The molecule has 1 aliphatic heterocycles. The van der Waals surface area contributed by atoms with Gasteiger partial charge in [0, 0.05) is 11.1 Å². The summed E-state index contributed by atoms with van der Waals surface area (Å²) in [5.41, 5.74) is 10.2. The molecular weight excluding hydrogens is 321 g/mol. The number of carbonyl (C=O) groups excluding carboxylic acids is 1. The van der Waals surface area contributed by atoms with Crippen LogP contribution < -0.4 is 11.5 Å². The normalized spacial score (nSPS) is 26.2. The van der Waals surface area contributed by atoms with Crippen LogP contribution in [0.3, 0.4) is 0 Å². The number of nitrogens with zero attached hydrogens (tertiary/aromatic N) is 1. The number of carbonyl (C=O) groups is 1. The van der Waals surface area contributed by atoms with E-state index in [0.29, 0.717) is 0 Å². The molecule has 23 heavy (non-hydrogen) atoms. The molecule has 126 valence electrons. The van der Waals surface area contributed by atoms with Crippen LogP contribution in [0.25, 0.3) is 0 Å². The van der Waals surface area contributed by atoms with E-state index in [1.54, 1.807) is 6.92 Å². The molecule has 1 amide bonds. The van der Waals surface area contributed by atoms with Crippen molar-refractivity contribution in [1.82, 2.24) is 0 Å². The van der Waals surface area contributed by atoms with Crippen LogP contribution in [0.15, 0.2) is 23.2 Å². The Labute approximate surface area is 134 Å². The maximum atomic E-state index is 14.3. The van der Waals surface area contributed by atoms with Crippen molar-refractivity contribution >= 4 is 21.6 Å². The third-order valence-corrected chi connectivity index (χ3v) is 6.96. The van der Waals surface area contributed by atoms with Crippen LogP contribution in [0.2, 0.25) is 0 Å². The predicted octanol–water partition coefficient (Wildman–Crippen LogP) is 1.09. The van der Waals surface area contributed by atoms with Gasteiger partial charge in [-0.25, -0.2) is 12.8 Å². The number of sulfone groups is 1. The zero-order valence-corrected chi connectivity index (χ0v) is 14.1. The molecule has 0 fully saturated rings. The van der Waals surface area contributed by atoms with Gasteiger partial charge in [0.1, 0.15) is 16.4 Å². The summed E-state index contributed by atoms with van der Waals surface area (Å²) in [4.78, 5) is 15.6. The first-order valence-corrected chi connectivity index (χ1v) is 8.74. The lowest BCUT2D eigenvalue weighted by Crippen LogP contribution is -2.45. The molecule has 0 aliphatic carbocycles. The molecule has 1 aromatic rings. The van der Waals surface area contributed by atoms with E-state index < -0.39 is 31.8 Å². The average molecular weight is 341 g/mol. The molecule has 0 unspecified atom stereocenters. The lowest BCUT2D eigenvalue weighted by atomic mass is 9.88. The second kappa shape index (κ2) is 5.30. The van der Waals surface area contributed by atoms with E-state index in [1.807, 2.05) is 0 Å². The molecule has 6 nitrogen and oxygen atoms in total. The first-order valence-electron chi connectivity index (χ1n) is 7.09. The molecule has 0 saturated carbocycles. The molecular formula is C15H20FN3O3S. The van der Waals surface area contributed by atoms with Gasteiger partial charge in [-0.05, 0) is 45.4 Å². The van der Waals surface area contributed by atoms with Crippen LogP contribution >= 0.6 is 0 Å². The number of amidine groups is 1. The quantitative estimate of drug-likeness (QED) is 0.837. The van der Waals surface area contributed by atoms with E-state index in [2.05, 4.69) is 4.99 Å². The third-order valence-electron chi connectivity index (χ3n) is 4.45. The van der Waals surface area contributed by atoms with Crippen molar-refractivity contribution in [1.29, 1.82) is 0 Å². The summed E-state index contributed by atoms with van der Waals surface area (Å²) in [6.07, 6.45) is 0.0542. The number of hydrogen-bond donors (Lipinski definition) is 2. The number of halogens is 1. The molecule has 0 saturated heterocycles. The van der Waals surface area contributed by atoms with Crippen molar-refractivity contribution in [2.24, 2.45) is 16.5 Å². The molecule has 1 aromatic carbocycles. The van der Waals surface area contributed by atoms with Crippen molar-refractivity contribution < 1.29 is 17.6 Å². The average Bonchev–Trinajstić information content (AvgIpc) is 2.50. The highest BCUT2D eigenvalue weighted by atomic mass is 32.2. The van der Waals surface area contributed by atoms with Crippen molar-refractivity contribution in [2.75, 3.05) is 5.75 Å². The van der Waals surface area contributed by atoms with Crippen LogP contribution in [0.4, 0.5) is 4.39 Å². The van der Waals surface area contributed by atoms with Crippen molar-refractivity contribution in [2.45, 2.75) is 37.5 Å². The van der Waals surface area contributed by atoms with Crippen molar-refractivity contribution in [3.63, 3.8) is 0 Å². The Morgan fingerprint density at radius 2 is 1.91 bits per heavy atom. The van der Waals surface area contributed by atoms with Gasteiger partial charge in [-0.15, -0.1) is 0 Å². The van der Waals surface area contributed by atoms with E-state index in [-0.39, 0.29) is 29.1 Å². The fourth-order valence-corrected chi connectivity index (χ4v) is 4.03. The fraction of sp³-hybridized carbons (Fsp3) is 0.467. The van der Waals surface area contributed by atoms with Crippen LogP contribution in [0.5, 0.6) is 0 Å². The molecule has 1 aliphatic rings. The number of aliphatic imine (C=N–C) groups is 1. The predicted molar refractivity (Wildman–Crippen MR) is 86.4 cm³/mol. The molecule has 2 rings (SSSR count). The summed E-state index contributed by atoms with van der Waals surface area (Å²) in [7, 11) is -3.53. The second-order valence-electron chi connectivity index (χ2n) is 6.41. The Bertz CT molecular complexity index is 802. The summed E-state index contributed by atoms with van der Waals surface area (Å²) in [6, 6.07) is 3.70. The minimum Gasteiger partial charge on any atom is -0.386 e. The third kappa shape index (κ3) is 2.83. The number of benzene rings is 1. The molecule has 1 atom stereocenters. The highest BCUT2D eigenvalue weighted by Gasteiger charge is 2.45. The molecule has 0 bridgehead atoms. The van der Waals surface area contributed by atoms with Gasteiger partial charge in [-0.1, -0.05) is 0 Å². The second-order valence-corrected chi connectivity index (χ2v) is 9.07. The Morgan fingerprint density at radius 1 is 1.30 bits per heavy atom. The number of hydrogen-bond acceptors (Lipinski definition) is 5. The summed E-state index contributed by atoms with van der Waals surface area (Å²) in [6.45, 7) is 4.55. The summed E-state index contributed by atoms with van der Waals surface area (Å²) in [5.74, 6) is -1.57. The van der Waals surface area contributed by atoms with Gasteiger partial charge in [0.15, 0.2) is 9.84 Å². The van der Waals surface area contributed by atoms with Gasteiger partial charge in [-0.3, -0.25) is 9.79 Å². The molecule has 8 heteroatoms. The summed E-state index contributed by atoms with van der Waals surface area (Å²) < 4.78 is 37.7. The molecule has 0 spiro atoms. The van der Waals surface area contributed by atoms with Crippen LogP contribution in [0, 0.1) is 5.82 Å². The zero-order chi connectivity index (χ0) is 17.6. The van der Waals surface area contributed by atoms with Crippen molar-refractivity contribution in [3.05, 3.63) is 35.1 Å². The monoisotopic (exact) mass is 341 g/mol. The first kappa shape index (κ1) is 17.4. The van der Waals surface area contributed by atoms with Gasteiger partial charge in [0.05, 0.1) is 11.3 Å². The van der Waals surface area contributed by atoms with E-state index in [0.717, 1.165) is 6.07 Å². The maximum absolute atomic E-state index is 14.3. The minimum atomic E-state index is -3.53. The first-order chi connectivity index (χ1) is 10.4. The van der Waals surface area contributed by atoms with E-state index in [1.165, 1.54) is 26.0 Å². The van der Waals surface area contributed by atoms with Crippen LogP contribution in [0.1, 0.15) is 43.1 Å². The summed E-state index contributed by atoms with van der Waals surface area (Å²) >= 11 is 0. The van der Waals surface area contributed by atoms with Gasteiger partial charge < -0.3 is 11.5 Å². The fourth-order valence-electron chi connectivity index (χ4n) is 2.49. The highest BCUT2D eigenvalue weighted by Crippen LogP contribution is 2.37. The standard InChI is InChI=1S/C15H20FN3O3S/c1-14(2)13(18)19-15(3,6-7-23(14,21)22)10-8-9(12(17)20)4-5-11(10)16/h4-5,8H,6-7H2,1-3H3,(H2,17,20)(H2,18,19)/t15-/m0/s1. The molecule has 0 aromatic heterocycles. The Hall–Kier alpha value is -1.96. The molecule has 1 heterocycles. The SMILES string of the molecule is CC1(C)C(N)=N[C@](C)(c2cc(C(N)=O)ccc2F)CCS1(=O)=O. The van der Waals surface area contributed by atoms with E-state index in [4.69, 9.17) is 11.5 Å². The van der Waals surface area contributed by atoms with Crippen LogP contribution in [-0.4, -0.2) is 30.7 Å². The van der Waals surface area contributed by atoms with E-state index in [9.17, 15) is 17.6 Å². The van der Waals surface area contributed by atoms with Crippen LogP contribution in [-0.2, 0) is 15.4 Å². The lowest BCUT2D eigenvalue weighted by molar-refractivity contribution is 0.1000. The Balaban J connectivity index is 2.66. The van der Waals surface area contributed by atoms with Crippen molar-refractivity contribution in [3.8, 4) is 0 Å². The topological polar surface area (TPSA) is 116 Å². The highest BCUT2D eigenvalue weighted by molar-refractivity contribution is 7.93. The zero-order valence-electron chi connectivity index (χ0n) is 13.3. The largest absolute Gasteiger partial charge is 0.386 e. The van der Waals surface area contributed by atoms with Gasteiger partial charge in [0.25, 0.3) is 0 Å². The number of rotatable bonds is 2. The van der Waals surface area contributed by atoms with E-state index >= 15 is 0 Å². The Kier molecular flexibility index (Phi) is 4.00. The molecule has 4 N–H and O–H groups in total. The number of amides is 1.